The summed E-state index contributed by atoms with van der Waals surface area (Å²) < 4.78 is 17.5. The molecule has 2 rings (SSSR count). The summed E-state index contributed by atoms with van der Waals surface area (Å²) >= 11 is 0. The molecule has 0 radical (unpaired) electrons. The van der Waals surface area contributed by atoms with Crippen molar-refractivity contribution >= 4 is 5.78 Å². The van der Waals surface area contributed by atoms with Gasteiger partial charge in [0.25, 0.3) is 0 Å². The first-order chi connectivity index (χ1) is 8.97. The second-order valence-electron chi connectivity index (χ2n) is 4.13. The summed E-state index contributed by atoms with van der Waals surface area (Å²) in [6, 6.07) is 6.54. The molecule has 0 aliphatic carbocycles. The number of benzene rings is 1. The highest BCUT2D eigenvalue weighted by Crippen LogP contribution is 2.17. The molecule has 0 unspecified atom stereocenters. The van der Waals surface area contributed by atoms with Crippen LogP contribution in [0.15, 0.2) is 39.5 Å². The van der Waals surface area contributed by atoms with Crippen molar-refractivity contribution in [3.05, 3.63) is 63.5 Å². The van der Waals surface area contributed by atoms with Gasteiger partial charge >= 0.3 is 5.63 Å². The van der Waals surface area contributed by atoms with Crippen molar-refractivity contribution in [2.75, 3.05) is 0 Å². The molecule has 0 amide bonds. The lowest BCUT2D eigenvalue weighted by Crippen LogP contribution is -2.16. The Kier molecular flexibility index (Phi) is 3.46. The number of Topliss-reactive ketones (excluding diaryl/α,β-unsaturated/α-hetero) is 1. The molecule has 0 saturated heterocycles. The average Bonchev–Trinajstić information content (AvgIpc) is 2.30. The van der Waals surface area contributed by atoms with Gasteiger partial charge in [-0.1, -0.05) is 12.1 Å². The van der Waals surface area contributed by atoms with Crippen LogP contribution in [0.1, 0.15) is 21.7 Å². The fraction of sp³-hybridized carbons (Fsp3) is 0.143. The summed E-state index contributed by atoms with van der Waals surface area (Å²) in [5.41, 5.74) is -0.703. The van der Waals surface area contributed by atoms with Crippen molar-refractivity contribution in [2.24, 2.45) is 0 Å². The normalized spacial score (nSPS) is 10.4. The van der Waals surface area contributed by atoms with Crippen molar-refractivity contribution in [1.29, 1.82) is 0 Å². The standard InChI is InChI=1S/C14H11FO4/c1-8-6-11(16)13(14(18)19-8)12(17)7-9-2-4-10(15)5-3-9/h2-6,16H,7H2,1H3. The van der Waals surface area contributed by atoms with E-state index < -0.39 is 23.0 Å². The minimum atomic E-state index is -0.871. The SMILES string of the molecule is Cc1cc(O)c(C(=O)Cc2ccc(F)cc2)c(=O)o1. The second kappa shape index (κ2) is 5.06. The van der Waals surface area contributed by atoms with E-state index in [2.05, 4.69) is 0 Å². The van der Waals surface area contributed by atoms with Gasteiger partial charge in [-0.15, -0.1) is 0 Å². The first kappa shape index (κ1) is 13.0. The predicted octanol–water partition coefficient (Wildman–Crippen LogP) is 2.22. The minimum Gasteiger partial charge on any atom is -0.507 e. The summed E-state index contributed by atoms with van der Waals surface area (Å²) in [4.78, 5) is 23.5. The van der Waals surface area contributed by atoms with Gasteiger partial charge in [-0.25, -0.2) is 9.18 Å². The van der Waals surface area contributed by atoms with Gasteiger partial charge in [0.15, 0.2) is 5.78 Å². The maximum atomic E-state index is 12.7. The van der Waals surface area contributed by atoms with Gasteiger partial charge < -0.3 is 9.52 Å². The van der Waals surface area contributed by atoms with Gasteiger partial charge in [0, 0.05) is 12.5 Å². The van der Waals surface area contributed by atoms with Crippen molar-refractivity contribution in [3.8, 4) is 5.75 Å². The van der Waals surface area contributed by atoms with Crippen LogP contribution >= 0.6 is 0 Å². The van der Waals surface area contributed by atoms with E-state index in [1.807, 2.05) is 0 Å². The third-order valence-electron chi connectivity index (χ3n) is 2.61. The second-order valence-corrected chi connectivity index (χ2v) is 4.13. The van der Waals surface area contributed by atoms with Crippen molar-refractivity contribution < 1.29 is 18.7 Å². The molecule has 5 heteroatoms. The molecular formula is C14H11FO4. The number of hydrogen-bond acceptors (Lipinski definition) is 4. The van der Waals surface area contributed by atoms with E-state index >= 15 is 0 Å². The summed E-state index contributed by atoms with van der Waals surface area (Å²) in [6.07, 6.45) is -0.109. The number of carbonyl (C=O) groups excluding carboxylic acids is 1. The molecule has 0 aliphatic rings. The first-order valence-corrected chi connectivity index (χ1v) is 5.58. The topological polar surface area (TPSA) is 67.5 Å². The van der Waals surface area contributed by atoms with E-state index in [9.17, 15) is 19.1 Å². The number of hydrogen-bond donors (Lipinski definition) is 1. The monoisotopic (exact) mass is 262 g/mol. The van der Waals surface area contributed by atoms with Gasteiger partial charge in [-0.05, 0) is 24.6 Å². The van der Waals surface area contributed by atoms with Crippen molar-refractivity contribution in [1.82, 2.24) is 0 Å². The van der Waals surface area contributed by atoms with Crippen LogP contribution in [0.4, 0.5) is 4.39 Å². The fourth-order valence-electron chi connectivity index (χ4n) is 1.73. The summed E-state index contributed by atoms with van der Waals surface area (Å²) in [6.45, 7) is 1.50. The van der Waals surface area contributed by atoms with Crippen molar-refractivity contribution in [3.63, 3.8) is 0 Å². The summed E-state index contributed by atoms with van der Waals surface area (Å²) in [5, 5.41) is 9.62. The zero-order chi connectivity index (χ0) is 14.0. The lowest BCUT2D eigenvalue weighted by atomic mass is 10.0. The Bertz CT molecular complexity index is 671. The molecule has 0 saturated carbocycles. The average molecular weight is 262 g/mol. The van der Waals surface area contributed by atoms with Crippen LogP contribution in [0.3, 0.4) is 0 Å². The Balaban J connectivity index is 2.30. The number of rotatable bonds is 3. The maximum Gasteiger partial charge on any atom is 0.350 e. The predicted molar refractivity (Wildman–Crippen MR) is 65.8 cm³/mol. The third kappa shape index (κ3) is 2.88. The van der Waals surface area contributed by atoms with Crippen LogP contribution in [0.5, 0.6) is 5.75 Å². The molecule has 0 atom stereocenters. The minimum absolute atomic E-state index is 0.109. The van der Waals surface area contributed by atoms with E-state index in [1.54, 1.807) is 0 Å². The molecule has 1 aromatic heterocycles. The largest absolute Gasteiger partial charge is 0.507 e. The maximum absolute atomic E-state index is 12.7. The highest BCUT2D eigenvalue weighted by Gasteiger charge is 2.18. The van der Waals surface area contributed by atoms with Gasteiger partial charge in [-0.3, -0.25) is 4.79 Å². The van der Waals surface area contributed by atoms with Gasteiger partial charge in [0.1, 0.15) is 22.9 Å². The summed E-state index contributed by atoms with van der Waals surface area (Å²) in [5.74, 6) is -1.16. The van der Waals surface area contributed by atoms with E-state index in [4.69, 9.17) is 4.42 Å². The number of aromatic hydroxyl groups is 1. The number of aryl methyl sites for hydroxylation is 1. The molecule has 19 heavy (non-hydrogen) atoms. The molecule has 98 valence electrons. The molecule has 0 bridgehead atoms. The number of ketones is 1. The highest BCUT2D eigenvalue weighted by atomic mass is 19.1. The molecule has 0 fully saturated rings. The number of halogens is 1. The van der Waals surface area contributed by atoms with Crippen LogP contribution < -0.4 is 5.63 Å². The lowest BCUT2D eigenvalue weighted by Gasteiger charge is -2.03. The fourth-order valence-corrected chi connectivity index (χ4v) is 1.73. The first-order valence-electron chi connectivity index (χ1n) is 5.58. The molecular weight excluding hydrogens is 251 g/mol. The van der Waals surface area contributed by atoms with E-state index in [1.165, 1.54) is 37.3 Å². The van der Waals surface area contributed by atoms with E-state index in [-0.39, 0.29) is 17.7 Å². The molecule has 0 spiro atoms. The van der Waals surface area contributed by atoms with Gasteiger partial charge in [0.05, 0.1) is 0 Å². The molecule has 2 aromatic rings. The third-order valence-corrected chi connectivity index (χ3v) is 2.61. The zero-order valence-electron chi connectivity index (χ0n) is 10.1. The summed E-state index contributed by atoms with van der Waals surface area (Å²) in [7, 11) is 0. The Labute approximate surface area is 108 Å². The Morgan fingerprint density at radius 1 is 1.32 bits per heavy atom. The lowest BCUT2D eigenvalue weighted by molar-refractivity contribution is 0.0986. The molecule has 1 N–H and O–H groups in total. The van der Waals surface area contributed by atoms with E-state index in [0.29, 0.717) is 5.56 Å². The molecule has 4 nitrogen and oxygen atoms in total. The van der Waals surface area contributed by atoms with Gasteiger partial charge in [-0.2, -0.15) is 0 Å². The zero-order valence-corrected chi connectivity index (χ0v) is 10.1. The van der Waals surface area contributed by atoms with Crippen molar-refractivity contribution in [2.45, 2.75) is 13.3 Å². The highest BCUT2D eigenvalue weighted by molar-refractivity contribution is 5.99. The number of carbonyl (C=O) groups is 1. The Morgan fingerprint density at radius 3 is 2.53 bits per heavy atom. The van der Waals surface area contributed by atoms with Gasteiger partial charge in [0.2, 0.25) is 0 Å². The van der Waals surface area contributed by atoms with Crippen LogP contribution in [0, 0.1) is 12.7 Å². The van der Waals surface area contributed by atoms with E-state index in [0.717, 1.165) is 0 Å². The van der Waals surface area contributed by atoms with Crippen LogP contribution in [-0.4, -0.2) is 10.9 Å². The van der Waals surface area contributed by atoms with Crippen LogP contribution in [0.2, 0.25) is 0 Å². The molecule has 1 heterocycles. The van der Waals surface area contributed by atoms with Crippen LogP contribution in [0.25, 0.3) is 0 Å². The Morgan fingerprint density at radius 2 is 1.95 bits per heavy atom. The molecule has 0 aliphatic heterocycles. The molecule has 1 aromatic carbocycles. The smallest absolute Gasteiger partial charge is 0.350 e. The quantitative estimate of drug-likeness (QED) is 0.861. The Hall–Kier alpha value is -2.43. The van der Waals surface area contributed by atoms with Crippen LogP contribution in [-0.2, 0) is 6.42 Å².